The summed E-state index contributed by atoms with van der Waals surface area (Å²) >= 11 is 3.56. The first-order chi connectivity index (χ1) is 6.72. The molecule has 2 heteroatoms. The summed E-state index contributed by atoms with van der Waals surface area (Å²) in [7, 11) is 0. The molecule has 1 aromatic carbocycles. The van der Waals surface area contributed by atoms with E-state index in [4.69, 9.17) is 5.73 Å². The van der Waals surface area contributed by atoms with Gasteiger partial charge in [-0.25, -0.2) is 0 Å². The molecule has 1 aliphatic carbocycles. The molecule has 0 aromatic heterocycles. The van der Waals surface area contributed by atoms with Crippen molar-refractivity contribution in [2.45, 2.75) is 32.1 Å². The molecular weight excluding hydrogens is 238 g/mol. The van der Waals surface area contributed by atoms with Gasteiger partial charge in [0.2, 0.25) is 0 Å². The van der Waals surface area contributed by atoms with Crippen LogP contribution in [0.1, 0.15) is 35.4 Å². The fraction of sp³-hybridized carbons (Fsp3) is 0.500. The van der Waals surface area contributed by atoms with Gasteiger partial charge in [-0.05, 0) is 67.5 Å². The number of rotatable bonds is 2. The van der Waals surface area contributed by atoms with Crippen LogP contribution in [0.4, 0.5) is 0 Å². The SMILES string of the molecule is Cc1cc(Br)cc2c1CCC2CCN. The largest absolute Gasteiger partial charge is 0.330 e. The average molecular weight is 254 g/mol. The third kappa shape index (κ3) is 1.73. The first-order valence-electron chi connectivity index (χ1n) is 5.21. The number of fused-ring (bicyclic) bond motifs is 1. The van der Waals surface area contributed by atoms with Crippen LogP contribution in [0.15, 0.2) is 16.6 Å². The number of hydrogen-bond acceptors (Lipinski definition) is 1. The summed E-state index contributed by atoms with van der Waals surface area (Å²) in [5, 5.41) is 0. The number of aryl methyl sites for hydroxylation is 1. The second kappa shape index (κ2) is 4.03. The molecule has 0 saturated heterocycles. The van der Waals surface area contributed by atoms with Crippen LogP contribution in [-0.4, -0.2) is 6.54 Å². The van der Waals surface area contributed by atoms with Crippen LogP contribution < -0.4 is 5.73 Å². The fourth-order valence-electron chi connectivity index (χ4n) is 2.48. The lowest BCUT2D eigenvalue weighted by Gasteiger charge is -2.11. The van der Waals surface area contributed by atoms with Gasteiger partial charge in [-0.3, -0.25) is 0 Å². The van der Waals surface area contributed by atoms with Gasteiger partial charge in [0.25, 0.3) is 0 Å². The van der Waals surface area contributed by atoms with Crippen molar-refractivity contribution >= 4 is 15.9 Å². The van der Waals surface area contributed by atoms with Gasteiger partial charge in [-0.15, -0.1) is 0 Å². The molecule has 0 fully saturated rings. The van der Waals surface area contributed by atoms with Gasteiger partial charge in [0, 0.05) is 4.47 Å². The molecule has 0 radical (unpaired) electrons. The standard InChI is InChI=1S/C12H16BrN/c1-8-6-10(13)7-12-9(4-5-14)2-3-11(8)12/h6-7,9H,2-5,14H2,1H3. The van der Waals surface area contributed by atoms with Crippen LogP contribution >= 0.6 is 15.9 Å². The Hall–Kier alpha value is -0.340. The maximum Gasteiger partial charge on any atom is 0.0180 e. The zero-order valence-corrected chi connectivity index (χ0v) is 10.1. The normalized spacial score (nSPS) is 19.8. The Bertz CT molecular complexity index is 346. The second-order valence-corrected chi connectivity index (χ2v) is 5.02. The second-order valence-electron chi connectivity index (χ2n) is 4.10. The van der Waals surface area contributed by atoms with Gasteiger partial charge in [-0.2, -0.15) is 0 Å². The molecule has 1 atom stereocenters. The van der Waals surface area contributed by atoms with E-state index >= 15 is 0 Å². The zero-order chi connectivity index (χ0) is 10.1. The number of hydrogen-bond donors (Lipinski definition) is 1. The Labute approximate surface area is 93.8 Å². The molecule has 0 spiro atoms. The third-order valence-electron chi connectivity index (χ3n) is 3.17. The summed E-state index contributed by atoms with van der Waals surface area (Å²) in [5.74, 6) is 0.700. The molecule has 1 unspecified atom stereocenters. The third-order valence-corrected chi connectivity index (χ3v) is 3.63. The van der Waals surface area contributed by atoms with Crippen LogP contribution in [0.3, 0.4) is 0 Å². The van der Waals surface area contributed by atoms with Crippen LogP contribution in [0.2, 0.25) is 0 Å². The lowest BCUT2D eigenvalue weighted by atomic mass is 9.96. The highest BCUT2D eigenvalue weighted by atomic mass is 79.9. The van der Waals surface area contributed by atoms with Gasteiger partial charge in [0.15, 0.2) is 0 Å². The van der Waals surface area contributed by atoms with Gasteiger partial charge in [0.05, 0.1) is 0 Å². The van der Waals surface area contributed by atoms with Crippen LogP contribution in [0, 0.1) is 6.92 Å². The molecular formula is C12H16BrN. The Balaban J connectivity index is 2.38. The Morgan fingerprint density at radius 2 is 2.29 bits per heavy atom. The molecule has 2 N–H and O–H groups in total. The number of halogens is 1. The topological polar surface area (TPSA) is 26.0 Å². The minimum Gasteiger partial charge on any atom is -0.330 e. The summed E-state index contributed by atoms with van der Waals surface area (Å²) in [6.07, 6.45) is 3.64. The molecule has 2 rings (SSSR count). The van der Waals surface area contributed by atoms with Crippen molar-refractivity contribution in [2.24, 2.45) is 5.73 Å². The van der Waals surface area contributed by atoms with E-state index in [0.29, 0.717) is 5.92 Å². The maximum absolute atomic E-state index is 5.63. The quantitative estimate of drug-likeness (QED) is 0.862. The molecule has 0 amide bonds. The van der Waals surface area contributed by atoms with Crippen molar-refractivity contribution in [3.8, 4) is 0 Å². The van der Waals surface area contributed by atoms with Crippen molar-refractivity contribution in [3.63, 3.8) is 0 Å². The fourth-order valence-corrected chi connectivity index (χ4v) is 3.07. The lowest BCUT2D eigenvalue weighted by Crippen LogP contribution is -2.04. The summed E-state index contributed by atoms with van der Waals surface area (Å²) < 4.78 is 1.21. The zero-order valence-electron chi connectivity index (χ0n) is 8.52. The summed E-state index contributed by atoms with van der Waals surface area (Å²) in [6, 6.07) is 4.49. The minimum atomic E-state index is 0.700. The minimum absolute atomic E-state index is 0.700. The van der Waals surface area contributed by atoms with Crippen LogP contribution in [0.25, 0.3) is 0 Å². The Kier molecular flexibility index (Phi) is 2.93. The first-order valence-corrected chi connectivity index (χ1v) is 6.00. The van der Waals surface area contributed by atoms with E-state index in [1.54, 1.807) is 5.56 Å². The number of benzene rings is 1. The van der Waals surface area contributed by atoms with Crippen molar-refractivity contribution in [1.82, 2.24) is 0 Å². The Morgan fingerprint density at radius 3 is 3.00 bits per heavy atom. The van der Waals surface area contributed by atoms with E-state index in [-0.39, 0.29) is 0 Å². The molecule has 14 heavy (non-hydrogen) atoms. The predicted octanol–water partition coefficient (Wildman–Crippen LogP) is 3.14. The van der Waals surface area contributed by atoms with Crippen LogP contribution in [-0.2, 0) is 6.42 Å². The van der Waals surface area contributed by atoms with Crippen LogP contribution in [0.5, 0.6) is 0 Å². The van der Waals surface area contributed by atoms with Crippen molar-refractivity contribution in [1.29, 1.82) is 0 Å². The van der Waals surface area contributed by atoms with Gasteiger partial charge >= 0.3 is 0 Å². The van der Waals surface area contributed by atoms with E-state index in [0.717, 1.165) is 13.0 Å². The molecule has 0 bridgehead atoms. The lowest BCUT2D eigenvalue weighted by molar-refractivity contribution is 0.627. The summed E-state index contributed by atoms with van der Waals surface area (Å²) in [5.41, 5.74) is 10.1. The van der Waals surface area contributed by atoms with Crippen molar-refractivity contribution in [3.05, 3.63) is 33.3 Å². The summed E-state index contributed by atoms with van der Waals surface area (Å²) in [4.78, 5) is 0. The summed E-state index contributed by atoms with van der Waals surface area (Å²) in [6.45, 7) is 3.00. The highest BCUT2D eigenvalue weighted by Crippen LogP contribution is 2.38. The van der Waals surface area contributed by atoms with Crippen molar-refractivity contribution < 1.29 is 0 Å². The highest BCUT2D eigenvalue weighted by molar-refractivity contribution is 9.10. The molecule has 76 valence electrons. The molecule has 1 aliphatic rings. The van der Waals surface area contributed by atoms with Gasteiger partial charge in [-0.1, -0.05) is 15.9 Å². The smallest absolute Gasteiger partial charge is 0.0180 e. The van der Waals surface area contributed by atoms with Gasteiger partial charge in [0.1, 0.15) is 0 Å². The molecule has 1 aromatic rings. The van der Waals surface area contributed by atoms with E-state index < -0.39 is 0 Å². The van der Waals surface area contributed by atoms with E-state index in [1.807, 2.05) is 0 Å². The Morgan fingerprint density at radius 1 is 1.50 bits per heavy atom. The number of nitrogens with two attached hydrogens (primary N) is 1. The molecule has 1 nitrogen and oxygen atoms in total. The molecule has 0 saturated carbocycles. The molecule has 0 aliphatic heterocycles. The highest BCUT2D eigenvalue weighted by Gasteiger charge is 2.23. The van der Waals surface area contributed by atoms with E-state index in [1.165, 1.54) is 28.4 Å². The van der Waals surface area contributed by atoms with E-state index in [9.17, 15) is 0 Å². The molecule has 0 heterocycles. The average Bonchev–Trinajstić information content (AvgIpc) is 2.49. The van der Waals surface area contributed by atoms with E-state index in [2.05, 4.69) is 35.0 Å². The first kappa shape index (κ1) is 10.2. The maximum atomic E-state index is 5.63. The monoisotopic (exact) mass is 253 g/mol. The predicted molar refractivity (Wildman–Crippen MR) is 63.6 cm³/mol. The van der Waals surface area contributed by atoms with Gasteiger partial charge < -0.3 is 5.73 Å². The van der Waals surface area contributed by atoms with Crippen molar-refractivity contribution in [2.75, 3.05) is 6.54 Å².